The number of nitrogens with zero attached hydrogens (tertiary/aromatic N) is 1. The van der Waals surface area contributed by atoms with Crippen LogP contribution in [-0.2, 0) is 19.6 Å². The van der Waals surface area contributed by atoms with E-state index >= 15 is 0 Å². The zero-order valence-corrected chi connectivity index (χ0v) is 12.7. The molecule has 2 aromatic heterocycles. The molecule has 1 fully saturated rings. The number of hydrogen-bond donors (Lipinski definition) is 1. The van der Waals surface area contributed by atoms with E-state index in [0.29, 0.717) is 12.6 Å². The second-order valence-corrected chi connectivity index (χ2v) is 5.56. The second-order valence-electron chi connectivity index (χ2n) is 5.56. The molecule has 1 N–H and O–H groups in total. The van der Waals surface area contributed by atoms with Gasteiger partial charge in [0.15, 0.2) is 0 Å². The van der Waals surface area contributed by atoms with Crippen LogP contribution in [0.2, 0.25) is 0 Å². The number of rotatable bonds is 7. The smallest absolute Gasteiger partial charge is 0.146 e. The molecule has 2 heterocycles. The van der Waals surface area contributed by atoms with Gasteiger partial charge < -0.3 is 14.5 Å². The fraction of sp³-hybridized carbons (Fsp3) is 0.471. The van der Waals surface area contributed by atoms with Gasteiger partial charge in [-0.05, 0) is 44.4 Å². The first-order valence-electron chi connectivity index (χ1n) is 7.64. The van der Waals surface area contributed by atoms with Crippen molar-refractivity contribution in [2.75, 3.05) is 0 Å². The minimum Gasteiger partial charge on any atom is -0.484 e. The topological polar surface area (TPSA) is 47.3 Å². The highest BCUT2D eigenvalue weighted by Crippen LogP contribution is 2.22. The highest BCUT2D eigenvalue weighted by atomic mass is 16.5. The van der Waals surface area contributed by atoms with Gasteiger partial charge in [0.05, 0.1) is 12.0 Å². The van der Waals surface area contributed by atoms with E-state index < -0.39 is 0 Å². The number of furan rings is 1. The molecule has 0 radical (unpaired) electrons. The molecular weight excluding hydrogens is 264 g/mol. The lowest BCUT2D eigenvalue weighted by atomic mass is 10.2. The summed E-state index contributed by atoms with van der Waals surface area (Å²) in [6, 6.07) is 6.68. The Labute approximate surface area is 125 Å². The molecule has 0 spiro atoms. The quantitative estimate of drug-likeness (QED) is 0.847. The van der Waals surface area contributed by atoms with Gasteiger partial charge in [-0.15, -0.1) is 0 Å². The van der Waals surface area contributed by atoms with Crippen LogP contribution >= 0.6 is 0 Å². The molecule has 0 atom stereocenters. The van der Waals surface area contributed by atoms with Crippen LogP contribution in [0.15, 0.2) is 28.9 Å². The summed E-state index contributed by atoms with van der Waals surface area (Å²) in [4.78, 5) is 4.51. The Morgan fingerprint density at radius 2 is 2.19 bits per heavy atom. The Balaban J connectivity index is 1.63. The van der Waals surface area contributed by atoms with Gasteiger partial charge in [0.2, 0.25) is 0 Å². The Morgan fingerprint density at radius 1 is 1.33 bits per heavy atom. The van der Waals surface area contributed by atoms with Crippen LogP contribution in [0.25, 0.3) is 0 Å². The van der Waals surface area contributed by atoms with Crippen LogP contribution < -0.4 is 10.1 Å². The van der Waals surface area contributed by atoms with Crippen molar-refractivity contribution in [1.29, 1.82) is 0 Å². The van der Waals surface area contributed by atoms with Crippen LogP contribution in [0.1, 0.15) is 42.5 Å². The van der Waals surface area contributed by atoms with Crippen LogP contribution in [0, 0.1) is 6.92 Å². The van der Waals surface area contributed by atoms with E-state index in [1.54, 1.807) is 6.26 Å². The van der Waals surface area contributed by atoms with Crippen molar-refractivity contribution in [3.8, 4) is 5.75 Å². The van der Waals surface area contributed by atoms with Gasteiger partial charge in [-0.25, -0.2) is 0 Å². The summed E-state index contributed by atoms with van der Waals surface area (Å²) >= 11 is 0. The molecule has 21 heavy (non-hydrogen) atoms. The van der Waals surface area contributed by atoms with Gasteiger partial charge in [-0.1, -0.05) is 6.92 Å². The zero-order valence-electron chi connectivity index (χ0n) is 12.7. The molecular formula is C17H22N2O2. The minimum atomic E-state index is 0.451. The summed E-state index contributed by atoms with van der Waals surface area (Å²) in [5, 5.41) is 3.50. The third-order valence-corrected chi connectivity index (χ3v) is 3.76. The molecule has 0 aromatic carbocycles. The van der Waals surface area contributed by atoms with E-state index in [0.717, 1.165) is 35.9 Å². The number of hydrogen-bond acceptors (Lipinski definition) is 4. The normalized spacial score (nSPS) is 14.4. The predicted molar refractivity (Wildman–Crippen MR) is 81.3 cm³/mol. The third-order valence-electron chi connectivity index (χ3n) is 3.76. The summed E-state index contributed by atoms with van der Waals surface area (Å²) in [5.74, 6) is 1.74. The van der Waals surface area contributed by atoms with Crippen molar-refractivity contribution in [3.05, 3.63) is 47.2 Å². The van der Waals surface area contributed by atoms with E-state index in [1.807, 2.05) is 25.1 Å². The molecule has 0 unspecified atom stereocenters. The third kappa shape index (κ3) is 3.64. The number of aromatic nitrogens is 1. The summed E-state index contributed by atoms with van der Waals surface area (Å²) in [6.45, 7) is 5.39. The van der Waals surface area contributed by atoms with E-state index in [-0.39, 0.29) is 0 Å². The maximum absolute atomic E-state index is 5.91. The van der Waals surface area contributed by atoms with Crippen molar-refractivity contribution in [2.24, 2.45) is 0 Å². The van der Waals surface area contributed by atoms with Gasteiger partial charge in [0, 0.05) is 23.8 Å². The fourth-order valence-electron chi connectivity index (χ4n) is 2.32. The Morgan fingerprint density at radius 3 is 2.95 bits per heavy atom. The number of nitrogens with one attached hydrogen (secondary N) is 1. The maximum atomic E-state index is 5.91. The molecule has 1 aliphatic rings. The van der Waals surface area contributed by atoms with E-state index in [2.05, 4.69) is 17.2 Å². The average molecular weight is 286 g/mol. The monoisotopic (exact) mass is 286 g/mol. The lowest BCUT2D eigenvalue weighted by Gasteiger charge is -2.10. The van der Waals surface area contributed by atoms with Crippen molar-refractivity contribution in [3.63, 3.8) is 0 Å². The fourth-order valence-corrected chi connectivity index (χ4v) is 2.32. The van der Waals surface area contributed by atoms with Crippen LogP contribution in [-0.4, -0.2) is 11.0 Å². The first-order chi connectivity index (χ1) is 10.3. The standard InChI is InChI=1S/C17H22N2O2/c1-3-15-16(7-4-12(2)19-15)21-11-17-13(8-9-20-17)10-18-14-5-6-14/h4,7-9,14,18H,3,5-6,10-11H2,1-2H3. The van der Waals surface area contributed by atoms with Gasteiger partial charge in [0.25, 0.3) is 0 Å². The Bertz CT molecular complexity index is 603. The van der Waals surface area contributed by atoms with Crippen molar-refractivity contribution < 1.29 is 9.15 Å². The number of aryl methyl sites for hydroxylation is 2. The largest absolute Gasteiger partial charge is 0.484 e. The first kappa shape index (κ1) is 14.1. The van der Waals surface area contributed by atoms with E-state index in [1.165, 1.54) is 18.4 Å². The molecule has 0 saturated heterocycles. The molecule has 0 bridgehead atoms. The van der Waals surface area contributed by atoms with Crippen molar-refractivity contribution in [1.82, 2.24) is 10.3 Å². The molecule has 1 aliphatic carbocycles. The minimum absolute atomic E-state index is 0.451. The molecule has 4 heteroatoms. The molecule has 0 aliphatic heterocycles. The molecule has 1 saturated carbocycles. The first-order valence-corrected chi connectivity index (χ1v) is 7.64. The van der Waals surface area contributed by atoms with Crippen LogP contribution in [0.5, 0.6) is 5.75 Å². The summed E-state index contributed by atoms with van der Waals surface area (Å²) in [7, 11) is 0. The zero-order chi connectivity index (χ0) is 14.7. The lowest BCUT2D eigenvalue weighted by molar-refractivity contribution is 0.264. The van der Waals surface area contributed by atoms with Crippen LogP contribution in [0.3, 0.4) is 0 Å². The summed E-state index contributed by atoms with van der Waals surface area (Å²) < 4.78 is 11.5. The lowest BCUT2D eigenvalue weighted by Crippen LogP contribution is -2.16. The molecule has 3 rings (SSSR count). The number of pyridine rings is 1. The molecule has 112 valence electrons. The highest BCUT2D eigenvalue weighted by Gasteiger charge is 2.21. The summed E-state index contributed by atoms with van der Waals surface area (Å²) in [6.07, 6.45) is 5.18. The van der Waals surface area contributed by atoms with Gasteiger partial charge in [-0.2, -0.15) is 0 Å². The SMILES string of the molecule is CCc1nc(C)ccc1OCc1occc1CNC1CC1. The van der Waals surface area contributed by atoms with Gasteiger partial charge >= 0.3 is 0 Å². The Hall–Kier alpha value is -1.81. The number of ether oxygens (including phenoxy) is 1. The van der Waals surface area contributed by atoms with Gasteiger partial charge in [-0.3, -0.25) is 4.98 Å². The van der Waals surface area contributed by atoms with E-state index in [9.17, 15) is 0 Å². The van der Waals surface area contributed by atoms with E-state index in [4.69, 9.17) is 9.15 Å². The van der Waals surface area contributed by atoms with Crippen molar-refractivity contribution >= 4 is 0 Å². The molecule has 4 nitrogen and oxygen atoms in total. The molecule has 2 aromatic rings. The average Bonchev–Trinajstić information content (AvgIpc) is 3.22. The highest BCUT2D eigenvalue weighted by molar-refractivity contribution is 5.29. The molecule has 0 amide bonds. The summed E-state index contributed by atoms with van der Waals surface area (Å²) in [5.41, 5.74) is 3.20. The van der Waals surface area contributed by atoms with Crippen molar-refractivity contribution in [2.45, 2.75) is 52.3 Å². The maximum Gasteiger partial charge on any atom is 0.146 e. The van der Waals surface area contributed by atoms with Gasteiger partial charge in [0.1, 0.15) is 18.1 Å². The Kier molecular flexibility index (Phi) is 4.25. The predicted octanol–water partition coefficient (Wildman–Crippen LogP) is 3.38. The second kappa shape index (κ2) is 6.31. The van der Waals surface area contributed by atoms with Crippen LogP contribution in [0.4, 0.5) is 0 Å².